The zero-order chi connectivity index (χ0) is 18.0. The van der Waals surface area contributed by atoms with E-state index in [-0.39, 0.29) is 13.2 Å². The number of carbonyl (C=O) groups is 1. The Morgan fingerprint density at radius 1 is 1.38 bits per heavy atom. The summed E-state index contributed by atoms with van der Waals surface area (Å²) >= 11 is 0. The third kappa shape index (κ3) is 3.18. The summed E-state index contributed by atoms with van der Waals surface area (Å²) in [4.78, 5) is 23.3. The van der Waals surface area contributed by atoms with Crippen molar-refractivity contribution in [1.82, 2.24) is 4.57 Å². The Hall–Kier alpha value is -2.62. The Balaban J connectivity index is 2.93. The van der Waals surface area contributed by atoms with Crippen LogP contribution in [0.1, 0.15) is 10.4 Å². The van der Waals surface area contributed by atoms with E-state index in [0.29, 0.717) is 6.07 Å². The SMILES string of the molecule is COCCn1cc(C(=O)O)c(=O)c2cc(F)c(F)c(OC(F)F)c21. The van der Waals surface area contributed by atoms with Crippen LogP contribution in [0.3, 0.4) is 0 Å². The van der Waals surface area contributed by atoms with Gasteiger partial charge in [-0.15, -0.1) is 0 Å². The van der Waals surface area contributed by atoms with Crippen LogP contribution >= 0.6 is 0 Å². The van der Waals surface area contributed by atoms with Crippen LogP contribution in [0.15, 0.2) is 17.1 Å². The van der Waals surface area contributed by atoms with E-state index in [4.69, 9.17) is 9.84 Å². The first-order valence-corrected chi connectivity index (χ1v) is 6.50. The molecule has 0 amide bonds. The number of ether oxygens (including phenoxy) is 2. The fourth-order valence-corrected chi connectivity index (χ4v) is 2.19. The molecule has 0 fully saturated rings. The monoisotopic (exact) mass is 349 g/mol. The minimum Gasteiger partial charge on any atom is -0.477 e. The molecule has 0 radical (unpaired) electrons. The number of hydrogen-bond donors (Lipinski definition) is 1. The van der Waals surface area contributed by atoms with Crippen LogP contribution in [-0.4, -0.2) is 36.0 Å². The fourth-order valence-electron chi connectivity index (χ4n) is 2.19. The molecule has 1 aromatic carbocycles. The number of aromatic nitrogens is 1. The van der Waals surface area contributed by atoms with Crippen LogP contribution in [0.4, 0.5) is 17.6 Å². The van der Waals surface area contributed by atoms with Gasteiger partial charge >= 0.3 is 12.6 Å². The van der Waals surface area contributed by atoms with Crippen molar-refractivity contribution in [3.63, 3.8) is 0 Å². The summed E-state index contributed by atoms with van der Waals surface area (Å²) in [5, 5.41) is 8.45. The first kappa shape index (κ1) is 17.7. The number of carboxylic acid groups (broad SMARTS) is 1. The van der Waals surface area contributed by atoms with E-state index in [2.05, 4.69) is 4.74 Å². The molecule has 1 N–H and O–H groups in total. The van der Waals surface area contributed by atoms with Crippen LogP contribution in [0.25, 0.3) is 10.9 Å². The van der Waals surface area contributed by atoms with Gasteiger partial charge in [-0.25, -0.2) is 9.18 Å². The van der Waals surface area contributed by atoms with E-state index in [0.717, 1.165) is 10.8 Å². The standard InChI is InChI=1S/C14H11F4NO5/c1-23-3-2-19-5-7(13(21)22)11(20)6-4-8(15)9(16)12(10(6)19)24-14(17)18/h4-5,14H,2-3H2,1H3,(H,21,22). The van der Waals surface area contributed by atoms with Gasteiger partial charge in [-0.3, -0.25) is 4.79 Å². The van der Waals surface area contributed by atoms with E-state index in [9.17, 15) is 27.2 Å². The van der Waals surface area contributed by atoms with Gasteiger partial charge in [-0.2, -0.15) is 13.2 Å². The maximum absolute atomic E-state index is 13.9. The van der Waals surface area contributed by atoms with E-state index in [1.54, 1.807) is 0 Å². The highest BCUT2D eigenvalue weighted by molar-refractivity contribution is 5.94. The van der Waals surface area contributed by atoms with Crippen molar-refractivity contribution < 1.29 is 36.9 Å². The van der Waals surface area contributed by atoms with Crippen molar-refractivity contribution >= 4 is 16.9 Å². The normalized spacial score (nSPS) is 11.2. The van der Waals surface area contributed by atoms with Gasteiger partial charge in [0, 0.05) is 19.9 Å². The molecule has 0 bridgehead atoms. The van der Waals surface area contributed by atoms with Gasteiger partial charge in [0.1, 0.15) is 5.56 Å². The van der Waals surface area contributed by atoms with Crippen LogP contribution in [0.5, 0.6) is 5.75 Å². The number of halogens is 4. The summed E-state index contributed by atoms with van der Waals surface area (Å²) in [5.74, 6) is -6.10. The van der Waals surface area contributed by atoms with Crippen LogP contribution in [0, 0.1) is 11.6 Å². The van der Waals surface area contributed by atoms with Crippen molar-refractivity contribution in [2.45, 2.75) is 13.2 Å². The number of pyridine rings is 1. The summed E-state index contributed by atoms with van der Waals surface area (Å²) in [6.45, 7) is -3.60. The van der Waals surface area contributed by atoms with Crippen molar-refractivity contribution in [2.24, 2.45) is 0 Å². The number of nitrogens with zero attached hydrogens (tertiary/aromatic N) is 1. The zero-order valence-electron chi connectivity index (χ0n) is 12.2. The van der Waals surface area contributed by atoms with Crippen LogP contribution in [-0.2, 0) is 11.3 Å². The molecular weight excluding hydrogens is 338 g/mol. The summed E-state index contributed by atoms with van der Waals surface area (Å²) in [5.41, 5.74) is -2.36. The Morgan fingerprint density at radius 3 is 2.58 bits per heavy atom. The summed E-state index contributed by atoms with van der Waals surface area (Å²) < 4.78 is 62.4. The topological polar surface area (TPSA) is 77.8 Å². The average Bonchev–Trinajstić information content (AvgIpc) is 2.50. The smallest absolute Gasteiger partial charge is 0.387 e. The van der Waals surface area contributed by atoms with E-state index >= 15 is 0 Å². The second kappa shape index (κ2) is 6.87. The lowest BCUT2D eigenvalue weighted by molar-refractivity contribution is -0.0516. The van der Waals surface area contributed by atoms with Crippen molar-refractivity contribution in [1.29, 1.82) is 0 Å². The highest BCUT2D eigenvalue weighted by Gasteiger charge is 2.24. The summed E-state index contributed by atoms with van der Waals surface area (Å²) in [6.07, 6.45) is 0.835. The lowest BCUT2D eigenvalue weighted by Crippen LogP contribution is -2.21. The van der Waals surface area contributed by atoms with E-state index < -0.39 is 51.9 Å². The Morgan fingerprint density at radius 2 is 2.04 bits per heavy atom. The molecule has 0 saturated carbocycles. The minimum atomic E-state index is -3.48. The lowest BCUT2D eigenvalue weighted by atomic mass is 10.1. The largest absolute Gasteiger partial charge is 0.477 e. The number of methoxy groups -OCH3 is 1. The predicted octanol–water partition coefficient (Wildman–Crippen LogP) is 2.23. The van der Waals surface area contributed by atoms with E-state index in [1.807, 2.05) is 0 Å². The number of fused-ring (bicyclic) bond motifs is 1. The second-order valence-corrected chi connectivity index (χ2v) is 4.64. The highest BCUT2D eigenvalue weighted by atomic mass is 19.3. The fraction of sp³-hybridized carbons (Fsp3) is 0.286. The van der Waals surface area contributed by atoms with Gasteiger partial charge < -0.3 is 19.1 Å². The molecule has 0 unspecified atom stereocenters. The third-order valence-electron chi connectivity index (χ3n) is 3.19. The summed E-state index contributed by atoms with van der Waals surface area (Å²) in [7, 11) is 1.32. The number of benzene rings is 1. The molecule has 24 heavy (non-hydrogen) atoms. The van der Waals surface area contributed by atoms with Crippen LogP contribution < -0.4 is 10.2 Å². The molecule has 1 heterocycles. The zero-order valence-corrected chi connectivity index (χ0v) is 12.2. The number of rotatable bonds is 6. The molecule has 1 aromatic heterocycles. The number of carboxylic acids is 1. The van der Waals surface area contributed by atoms with Gasteiger partial charge in [-0.1, -0.05) is 0 Å². The first-order valence-electron chi connectivity index (χ1n) is 6.50. The quantitative estimate of drug-likeness (QED) is 0.809. The summed E-state index contributed by atoms with van der Waals surface area (Å²) in [6, 6.07) is 0.446. The molecule has 0 atom stereocenters. The lowest BCUT2D eigenvalue weighted by Gasteiger charge is -2.16. The number of alkyl halides is 2. The second-order valence-electron chi connectivity index (χ2n) is 4.64. The van der Waals surface area contributed by atoms with Gasteiger partial charge in [0.25, 0.3) is 0 Å². The molecule has 2 rings (SSSR count). The molecule has 0 aliphatic heterocycles. The maximum Gasteiger partial charge on any atom is 0.387 e. The molecule has 10 heteroatoms. The van der Waals surface area contributed by atoms with Crippen LogP contribution in [0.2, 0.25) is 0 Å². The average molecular weight is 349 g/mol. The predicted molar refractivity (Wildman–Crippen MR) is 73.6 cm³/mol. The third-order valence-corrected chi connectivity index (χ3v) is 3.19. The molecule has 2 aromatic rings. The van der Waals surface area contributed by atoms with Crippen molar-refractivity contribution in [2.75, 3.05) is 13.7 Å². The first-order chi connectivity index (χ1) is 11.3. The molecule has 0 saturated heterocycles. The number of hydrogen-bond acceptors (Lipinski definition) is 4. The number of aromatic carboxylic acids is 1. The van der Waals surface area contributed by atoms with Gasteiger partial charge in [0.15, 0.2) is 11.6 Å². The molecule has 0 aliphatic carbocycles. The minimum absolute atomic E-state index is 0.00978. The van der Waals surface area contributed by atoms with Gasteiger partial charge in [-0.05, 0) is 6.07 Å². The molecule has 0 aliphatic rings. The molecule has 6 nitrogen and oxygen atoms in total. The molecular formula is C14H11F4NO5. The maximum atomic E-state index is 13.9. The Kier molecular flexibility index (Phi) is 5.07. The molecule has 0 spiro atoms. The highest BCUT2D eigenvalue weighted by Crippen LogP contribution is 2.31. The van der Waals surface area contributed by atoms with E-state index in [1.165, 1.54) is 7.11 Å². The Labute approximate surface area is 131 Å². The van der Waals surface area contributed by atoms with Crippen molar-refractivity contribution in [3.05, 3.63) is 39.7 Å². The molecule has 130 valence electrons. The van der Waals surface area contributed by atoms with Crippen molar-refractivity contribution in [3.8, 4) is 5.75 Å². The Bertz CT molecular complexity index is 849. The van der Waals surface area contributed by atoms with Gasteiger partial charge in [0.05, 0.1) is 17.5 Å². The van der Waals surface area contributed by atoms with Gasteiger partial charge in [0.2, 0.25) is 11.2 Å².